The van der Waals surface area contributed by atoms with Gasteiger partial charge >= 0.3 is 0 Å². The summed E-state index contributed by atoms with van der Waals surface area (Å²) in [6.45, 7) is 14.0. The van der Waals surface area contributed by atoms with E-state index in [-0.39, 0.29) is 5.54 Å². The number of rotatable bonds is 5. The molecule has 0 atom stereocenters. The highest BCUT2D eigenvalue weighted by atomic mass is 16.5. The van der Waals surface area contributed by atoms with Crippen molar-refractivity contribution in [2.75, 3.05) is 26.3 Å². The smallest absolute Gasteiger partial charge is 0.118 e. The number of ether oxygens (including phenoxy) is 1. The van der Waals surface area contributed by atoms with Crippen LogP contribution in [0.5, 0.6) is 0 Å². The Labute approximate surface area is 116 Å². The number of nitrogens with zero attached hydrogens (tertiary/aromatic N) is 1. The van der Waals surface area contributed by atoms with Gasteiger partial charge in [-0.25, -0.2) is 0 Å². The lowest BCUT2D eigenvalue weighted by atomic mass is 10.0. The molecule has 1 aliphatic heterocycles. The summed E-state index contributed by atoms with van der Waals surface area (Å²) >= 11 is 0. The maximum atomic E-state index is 5.81. The van der Waals surface area contributed by atoms with Gasteiger partial charge in [0.05, 0.1) is 19.8 Å². The van der Waals surface area contributed by atoms with Crippen molar-refractivity contribution in [3.8, 4) is 0 Å². The molecule has 0 amide bonds. The summed E-state index contributed by atoms with van der Waals surface area (Å²) in [6, 6.07) is 2.18. The molecule has 4 heteroatoms. The maximum absolute atomic E-state index is 5.81. The molecule has 0 radical (unpaired) electrons. The molecule has 1 aromatic rings. The maximum Gasteiger partial charge on any atom is 0.118 e. The lowest BCUT2D eigenvalue weighted by molar-refractivity contribution is -0.0554. The predicted molar refractivity (Wildman–Crippen MR) is 76.1 cm³/mol. The van der Waals surface area contributed by atoms with Crippen molar-refractivity contribution in [1.82, 2.24) is 10.2 Å². The van der Waals surface area contributed by atoms with Crippen LogP contribution in [0.1, 0.15) is 37.9 Å². The van der Waals surface area contributed by atoms with Gasteiger partial charge in [0.25, 0.3) is 0 Å². The van der Waals surface area contributed by atoms with E-state index < -0.39 is 0 Å². The first-order valence-electron chi connectivity index (χ1n) is 7.14. The van der Waals surface area contributed by atoms with E-state index in [0.29, 0.717) is 0 Å². The van der Waals surface area contributed by atoms with Crippen molar-refractivity contribution in [1.29, 1.82) is 0 Å². The van der Waals surface area contributed by atoms with Gasteiger partial charge in [0, 0.05) is 24.2 Å². The first-order valence-corrected chi connectivity index (χ1v) is 7.14. The van der Waals surface area contributed by atoms with Crippen LogP contribution in [-0.4, -0.2) is 36.7 Å². The van der Waals surface area contributed by atoms with Crippen molar-refractivity contribution in [3.63, 3.8) is 0 Å². The second kappa shape index (κ2) is 6.07. The summed E-state index contributed by atoms with van der Waals surface area (Å²) in [6.07, 6.45) is 0. The summed E-state index contributed by atoms with van der Waals surface area (Å²) < 4.78 is 11.4. The molecule has 2 rings (SSSR count). The Morgan fingerprint density at radius 1 is 1.42 bits per heavy atom. The van der Waals surface area contributed by atoms with E-state index in [4.69, 9.17) is 9.15 Å². The van der Waals surface area contributed by atoms with Crippen LogP contribution in [0.25, 0.3) is 0 Å². The molecule has 4 nitrogen and oxygen atoms in total. The third kappa shape index (κ3) is 3.59. The normalized spacial score (nSPS) is 19.8. The van der Waals surface area contributed by atoms with Gasteiger partial charge in [-0.2, -0.15) is 0 Å². The molecule has 1 fully saturated rings. The van der Waals surface area contributed by atoms with E-state index in [0.717, 1.165) is 50.9 Å². The van der Waals surface area contributed by atoms with Gasteiger partial charge in [-0.1, -0.05) is 6.92 Å². The Morgan fingerprint density at radius 3 is 2.89 bits per heavy atom. The fourth-order valence-electron chi connectivity index (χ4n) is 2.47. The molecule has 1 N–H and O–H groups in total. The molecular formula is C15H26N2O2. The first kappa shape index (κ1) is 14.6. The van der Waals surface area contributed by atoms with Crippen LogP contribution in [0, 0.1) is 6.92 Å². The second-order valence-electron chi connectivity index (χ2n) is 5.86. The van der Waals surface area contributed by atoms with Gasteiger partial charge in [0.2, 0.25) is 0 Å². The van der Waals surface area contributed by atoms with Crippen LogP contribution in [0.4, 0.5) is 0 Å². The van der Waals surface area contributed by atoms with Gasteiger partial charge < -0.3 is 14.5 Å². The lowest BCUT2D eigenvalue weighted by Gasteiger charge is -2.42. The van der Waals surface area contributed by atoms with Gasteiger partial charge in [0.15, 0.2) is 0 Å². The lowest BCUT2D eigenvalue weighted by Crippen LogP contribution is -2.52. The molecule has 2 heterocycles. The number of nitrogens with one attached hydrogen (secondary N) is 1. The zero-order valence-electron chi connectivity index (χ0n) is 12.6. The van der Waals surface area contributed by atoms with E-state index in [1.807, 2.05) is 0 Å². The largest absolute Gasteiger partial charge is 0.465 e. The Balaban J connectivity index is 2.03. The van der Waals surface area contributed by atoms with Crippen molar-refractivity contribution in [2.45, 2.75) is 46.3 Å². The highest BCUT2D eigenvalue weighted by Crippen LogP contribution is 2.24. The predicted octanol–water partition coefficient (Wildman–Crippen LogP) is 2.31. The summed E-state index contributed by atoms with van der Waals surface area (Å²) in [5.41, 5.74) is 1.40. The molecule has 0 unspecified atom stereocenters. The molecule has 0 aromatic carbocycles. The number of aryl methyl sites for hydroxylation is 1. The summed E-state index contributed by atoms with van der Waals surface area (Å²) in [4.78, 5) is 2.48. The molecule has 0 spiro atoms. The number of furan rings is 1. The monoisotopic (exact) mass is 266 g/mol. The Kier molecular flexibility index (Phi) is 4.66. The van der Waals surface area contributed by atoms with Crippen LogP contribution in [0.2, 0.25) is 0 Å². The van der Waals surface area contributed by atoms with E-state index in [1.165, 1.54) is 5.56 Å². The quantitative estimate of drug-likeness (QED) is 0.887. The molecule has 0 aliphatic carbocycles. The zero-order chi connectivity index (χ0) is 13.9. The zero-order valence-corrected chi connectivity index (χ0v) is 12.6. The molecule has 1 aromatic heterocycles. The summed E-state index contributed by atoms with van der Waals surface area (Å²) in [5, 5.41) is 3.30. The van der Waals surface area contributed by atoms with E-state index >= 15 is 0 Å². The molecule has 19 heavy (non-hydrogen) atoms. The minimum absolute atomic E-state index is 0.101. The van der Waals surface area contributed by atoms with Crippen molar-refractivity contribution >= 4 is 0 Å². The SMILES string of the molecule is CCNCc1cc(CN2CCOCC2(C)C)c(C)o1. The van der Waals surface area contributed by atoms with Crippen molar-refractivity contribution < 1.29 is 9.15 Å². The van der Waals surface area contributed by atoms with Gasteiger partial charge in [-0.3, -0.25) is 4.90 Å². The van der Waals surface area contributed by atoms with E-state index in [2.05, 4.69) is 44.0 Å². The molecule has 108 valence electrons. The van der Waals surface area contributed by atoms with E-state index in [9.17, 15) is 0 Å². The first-order chi connectivity index (χ1) is 9.03. The number of hydrogen-bond acceptors (Lipinski definition) is 4. The van der Waals surface area contributed by atoms with Crippen LogP contribution in [-0.2, 0) is 17.8 Å². The minimum Gasteiger partial charge on any atom is -0.465 e. The standard InChI is InChI=1S/C15H26N2O2/c1-5-16-9-14-8-13(12(2)19-14)10-17-6-7-18-11-15(17,3)4/h8,16H,5-7,9-11H2,1-4H3. The van der Waals surface area contributed by atoms with Crippen molar-refractivity contribution in [3.05, 3.63) is 23.2 Å². The van der Waals surface area contributed by atoms with Gasteiger partial charge in [-0.05, 0) is 33.4 Å². The van der Waals surface area contributed by atoms with Gasteiger partial charge in [0.1, 0.15) is 11.5 Å². The molecule has 0 bridgehead atoms. The highest BCUT2D eigenvalue weighted by Gasteiger charge is 2.31. The van der Waals surface area contributed by atoms with Crippen LogP contribution in [0.15, 0.2) is 10.5 Å². The highest BCUT2D eigenvalue weighted by molar-refractivity contribution is 5.21. The molecule has 0 saturated carbocycles. The number of morpholine rings is 1. The van der Waals surface area contributed by atoms with Crippen LogP contribution in [0.3, 0.4) is 0 Å². The average Bonchev–Trinajstić information content (AvgIpc) is 2.70. The Morgan fingerprint density at radius 2 is 2.21 bits per heavy atom. The fourth-order valence-corrected chi connectivity index (χ4v) is 2.47. The summed E-state index contributed by atoms with van der Waals surface area (Å²) in [5.74, 6) is 2.07. The Bertz CT molecular complexity index is 412. The fraction of sp³-hybridized carbons (Fsp3) is 0.733. The van der Waals surface area contributed by atoms with E-state index in [1.54, 1.807) is 0 Å². The van der Waals surface area contributed by atoms with Crippen LogP contribution >= 0.6 is 0 Å². The van der Waals surface area contributed by atoms with Crippen molar-refractivity contribution in [2.24, 2.45) is 0 Å². The molecule has 1 saturated heterocycles. The number of hydrogen-bond donors (Lipinski definition) is 1. The third-order valence-corrected chi connectivity index (χ3v) is 3.80. The molecule has 1 aliphatic rings. The van der Waals surface area contributed by atoms with Gasteiger partial charge in [-0.15, -0.1) is 0 Å². The average molecular weight is 266 g/mol. The Hall–Kier alpha value is -0.840. The third-order valence-electron chi connectivity index (χ3n) is 3.80. The summed E-state index contributed by atoms with van der Waals surface area (Å²) in [7, 11) is 0. The second-order valence-corrected chi connectivity index (χ2v) is 5.86. The topological polar surface area (TPSA) is 37.6 Å². The molecular weight excluding hydrogens is 240 g/mol. The minimum atomic E-state index is 0.101. The van der Waals surface area contributed by atoms with Crippen LogP contribution < -0.4 is 5.32 Å².